The lowest BCUT2D eigenvalue weighted by atomic mass is 10.0. The number of allylic oxidation sites excluding steroid dienone is 6. The Kier molecular flexibility index (Phi) is 64.3. The lowest BCUT2D eigenvalue weighted by Gasteiger charge is -2.24. The fraction of sp³-hybridized carbons (Fsp3) is 0.892. The number of ether oxygens (including phenoxy) is 2. The molecule has 1 N–H and O–H groups in total. The topological polar surface area (TPSA) is 108 Å². The van der Waals surface area contributed by atoms with Gasteiger partial charge < -0.3 is 18.9 Å². The van der Waals surface area contributed by atoms with Crippen LogP contribution in [-0.2, 0) is 32.7 Å². The van der Waals surface area contributed by atoms with Crippen LogP contribution >= 0.6 is 7.82 Å². The smallest absolute Gasteiger partial charge is 0.462 e. The zero-order chi connectivity index (χ0) is 61.2. The molecule has 0 bridgehead atoms. The predicted octanol–water partition coefficient (Wildman–Crippen LogP) is 23.8. The van der Waals surface area contributed by atoms with Crippen LogP contribution in [0.25, 0.3) is 0 Å². The fourth-order valence-corrected chi connectivity index (χ4v) is 11.7. The van der Waals surface area contributed by atoms with Gasteiger partial charge in [-0.15, -0.1) is 0 Å². The Labute approximate surface area is 522 Å². The number of quaternary nitrogens is 1. The zero-order valence-electron chi connectivity index (χ0n) is 56.7. The van der Waals surface area contributed by atoms with Gasteiger partial charge in [0.2, 0.25) is 0 Å². The summed E-state index contributed by atoms with van der Waals surface area (Å²) in [4.78, 5) is 35.9. The van der Waals surface area contributed by atoms with Crippen molar-refractivity contribution in [1.82, 2.24) is 0 Å². The van der Waals surface area contributed by atoms with E-state index in [2.05, 4.69) is 50.3 Å². The van der Waals surface area contributed by atoms with Gasteiger partial charge in [0.25, 0.3) is 0 Å². The Balaban J connectivity index is 3.95. The van der Waals surface area contributed by atoms with E-state index in [-0.39, 0.29) is 25.6 Å². The van der Waals surface area contributed by atoms with Gasteiger partial charge in [0.1, 0.15) is 19.8 Å². The number of carbonyl (C=O) groups is 2. The van der Waals surface area contributed by atoms with E-state index in [1.807, 2.05) is 21.1 Å². The summed E-state index contributed by atoms with van der Waals surface area (Å²) >= 11 is 0. The first kappa shape index (κ1) is 82.2. The number of esters is 2. The van der Waals surface area contributed by atoms with Gasteiger partial charge in [-0.3, -0.25) is 18.6 Å². The van der Waals surface area contributed by atoms with Crippen LogP contribution in [0, 0.1) is 0 Å². The van der Waals surface area contributed by atoms with Gasteiger partial charge >= 0.3 is 19.8 Å². The van der Waals surface area contributed by atoms with Crippen LogP contribution in [0.2, 0.25) is 0 Å². The number of nitrogens with zero attached hydrogens (tertiary/aromatic N) is 1. The number of hydrogen-bond acceptors (Lipinski definition) is 7. The molecule has 0 spiro atoms. The van der Waals surface area contributed by atoms with Gasteiger partial charge in [-0.1, -0.05) is 326 Å². The fourth-order valence-electron chi connectivity index (χ4n) is 11.0. The molecule has 0 aromatic carbocycles. The van der Waals surface area contributed by atoms with Crippen molar-refractivity contribution in [3.8, 4) is 0 Å². The number of rotatable bonds is 69. The summed E-state index contributed by atoms with van der Waals surface area (Å²) < 4.78 is 34.8. The Morgan fingerprint density at radius 2 is 0.643 bits per heavy atom. The number of hydrogen-bond donors (Lipinski definition) is 1. The van der Waals surface area contributed by atoms with Crippen LogP contribution in [0.15, 0.2) is 36.5 Å². The second-order valence-corrected chi connectivity index (χ2v) is 27.8. The van der Waals surface area contributed by atoms with E-state index in [1.165, 1.54) is 302 Å². The Hall–Kier alpha value is -1.77. The number of unbranched alkanes of at least 4 members (excludes halogenated alkanes) is 49. The molecular weight excluding hydrogens is 1060 g/mol. The van der Waals surface area contributed by atoms with E-state index in [0.717, 1.165) is 38.5 Å². The molecule has 9 nitrogen and oxygen atoms in total. The largest absolute Gasteiger partial charge is 0.472 e. The molecule has 0 heterocycles. The van der Waals surface area contributed by atoms with E-state index in [4.69, 9.17) is 18.5 Å². The third kappa shape index (κ3) is 69.3. The summed E-state index contributed by atoms with van der Waals surface area (Å²) in [6.07, 6.45) is 84.1. The Morgan fingerprint density at radius 3 is 0.952 bits per heavy atom. The van der Waals surface area contributed by atoms with E-state index in [9.17, 15) is 19.0 Å². The number of phosphoric ester groups is 1. The van der Waals surface area contributed by atoms with Crippen molar-refractivity contribution >= 4 is 19.8 Å². The molecule has 2 unspecified atom stereocenters. The minimum Gasteiger partial charge on any atom is -0.462 e. The summed E-state index contributed by atoms with van der Waals surface area (Å²) in [6.45, 7) is 4.49. The van der Waals surface area contributed by atoms with Crippen LogP contribution in [0.3, 0.4) is 0 Å². The van der Waals surface area contributed by atoms with Crippen molar-refractivity contribution in [2.75, 3.05) is 47.5 Å². The number of likely N-dealkylation sites (N-methyl/N-ethyl adjacent to an activating group) is 1. The third-order valence-electron chi connectivity index (χ3n) is 16.6. The van der Waals surface area contributed by atoms with Crippen LogP contribution in [0.4, 0.5) is 0 Å². The maximum absolute atomic E-state index is 12.9. The molecular formula is C74H143NO8P+. The molecule has 0 rings (SSSR count). The molecule has 0 amide bonds. The molecule has 496 valence electrons. The maximum atomic E-state index is 12.9. The average Bonchev–Trinajstić information content (AvgIpc) is 3.61. The van der Waals surface area contributed by atoms with Gasteiger partial charge in [0.05, 0.1) is 27.7 Å². The summed E-state index contributed by atoms with van der Waals surface area (Å²) in [7, 11) is 1.50. The number of carbonyl (C=O) groups excluding carboxylic acids is 2. The van der Waals surface area contributed by atoms with Crippen molar-refractivity contribution in [2.24, 2.45) is 0 Å². The molecule has 84 heavy (non-hydrogen) atoms. The van der Waals surface area contributed by atoms with Crippen molar-refractivity contribution in [3.05, 3.63) is 36.5 Å². The Morgan fingerprint density at radius 1 is 0.369 bits per heavy atom. The van der Waals surface area contributed by atoms with Gasteiger partial charge in [0, 0.05) is 12.8 Å². The number of phosphoric acid groups is 1. The molecule has 0 aromatic rings. The van der Waals surface area contributed by atoms with Crippen molar-refractivity contribution in [3.63, 3.8) is 0 Å². The van der Waals surface area contributed by atoms with Crippen LogP contribution in [0.1, 0.15) is 373 Å². The summed E-state index contributed by atoms with van der Waals surface area (Å²) in [5, 5.41) is 0. The maximum Gasteiger partial charge on any atom is 0.472 e. The molecule has 0 radical (unpaired) electrons. The van der Waals surface area contributed by atoms with Crippen LogP contribution in [0.5, 0.6) is 0 Å². The highest BCUT2D eigenvalue weighted by molar-refractivity contribution is 7.47. The van der Waals surface area contributed by atoms with Crippen LogP contribution < -0.4 is 0 Å². The van der Waals surface area contributed by atoms with Crippen LogP contribution in [-0.4, -0.2) is 74.9 Å². The highest BCUT2D eigenvalue weighted by Gasteiger charge is 2.27. The summed E-state index contributed by atoms with van der Waals surface area (Å²) in [5.41, 5.74) is 0. The molecule has 0 aliphatic carbocycles. The van der Waals surface area contributed by atoms with Crippen molar-refractivity contribution in [2.45, 2.75) is 380 Å². The molecule has 0 fully saturated rings. The second kappa shape index (κ2) is 65.7. The van der Waals surface area contributed by atoms with E-state index in [0.29, 0.717) is 23.9 Å². The minimum atomic E-state index is -4.39. The average molecular weight is 1210 g/mol. The molecule has 0 saturated carbocycles. The van der Waals surface area contributed by atoms with Crippen molar-refractivity contribution in [1.29, 1.82) is 0 Å². The standard InChI is InChI=1S/C74H142NO8P/c1-6-8-10-12-14-16-18-20-22-24-26-28-30-32-33-34-35-36-37-38-39-40-41-43-45-47-49-51-53-55-57-59-61-63-65-67-74(77)83-72(71-82-84(78,79)81-69-68-75(3,4)5)70-80-73(76)66-64-62-60-58-56-54-52-50-48-46-44-42-31-29-27-25-23-21-19-17-15-13-11-9-7-2/h18,20,24-27,72H,6-17,19,21-23,28-71H2,1-5H3/p+1/b20-18-,26-24-,27-25-. The van der Waals surface area contributed by atoms with Gasteiger partial charge in [-0.2, -0.15) is 0 Å². The molecule has 10 heteroatoms. The normalized spacial score (nSPS) is 13.3. The second-order valence-electron chi connectivity index (χ2n) is 26.3. The molecule has 0 saturated heterocycles. The first-order valence-electron chi connectivity index (χ1n) is 36.7. The van der Waals surface area contributed by atoms with Gasteiger partial charge in [-0.05, 0) is 70.6 Å². The van der Waals surface area contributed by atoms with E-state index >= 15 is 0 Å². The summed E-state index contributed by atoms with van der Waals surface area (Å²) in [6, 6.07) is 0. The third-order valence-corrected chi connectivity index (χ3v) is 17.6. The molecule has 0 aliphatic heterocycles. The van der Waals surface area contributed by atoms with E-state index in [1.54, 1.807) is 0 Å². The van der Waals surface area contributed by atoms with Crippen molar-refractivity contribution < 1.29 is 42.1 Å². The molecule has 2 atom stereocenters. The monoisotopic (exact) mass is 1210 g/mol. The Bertz CT molecular complexity index is 1510. The molecule has 0 aromatic heterocycles. The molecule has 0 aliphatic rings. The zero-order valence-corrected chi connectivity index (χ0v) is 57.6. The quantitative estimate of drug-likeness (QED) is 0.0211. The first-order chi connectivity index (χ1) is 41.0. The highest BCUT2D eigenvalue weighted by Crippen LogP contribution is 2.43. The highest BCUT2D eigenvalue weighted by atomic mass is 31.2. The first-order valence-corrected chi connectivity index (χ1v) is 38.2. The SMILES string of the molecule is CCCCCCC/C=C\C/C=C\CCCCCCCCCCCCCCCCCCCCCCCCCC(=O)OC(COC(=O)CCCCCCCCCCCCCCC/C=C\CCCCCCCCCC)COP(=O)(O)OCC[N+](C)(C)C. The van der Waals surface area contributed by atoms with E-state index < -0.39 is 26.5 Å². The van der Waals surface area contributed by atoms with Gasteiger partial charge in [-0.25, -0.2) is 4.57 Å². The lowest BCUT2D eigenvalue weighted by Crippen LogP contribution is -2.37. The predicted molar refractivity (Wildman–Crippen MR) is 363 cm³/mol. The summed E-state index contributed by atoms with van der Waals surface area (Å²) in [5.74, 6) is -0.775. The minimum absolute atomic E-state index is 0.0347. The van der Waals surface area contributed by atoms with Gasteiger partial charge in [0.15, 0.2) is 6.10 Å². The lowest BCUT2D eigenvalue weighted by molar-refractivity contribution is -0.870.